The van der Waals surface area contributed by atoms with Crippen molar-refractivity contribution in [1.29, 1.82) is 0 Å². The van der Waals surface area contributed by atoms with Gasteiger partial charge in [0.1, 0.15) is 6.04 Å². The Morgan fingerprint density at radius 2 is 1.85 bits per heavy atom. The van der Waals surface area contributed by atoms with E-state index >= 15 is 0 Å². The first-order chi connectivity index (χ1) is 9.49. The molecule has 0 unspecified atom stereocenters. The quantitative estimate of drug-likeness (QED) is 0.777. The fourth-order valence-electron chi connectivity index (χ4n) is 2.99. The van der Waals surface area contributed by atoms with Gasteiger partial charge >= 0.3 is 0 Å². The average Bonchev–Trinajstić information content (AvgIpc) is 2.73. The van der Waals surface area contributed by atoms with E-state index in [2.05, 4.69) is 5.32 Å². The Morgan fingerprint density at radius 3 is 2.50 bits per heavy atom. The highest BCUT2D eigenvalue weighted by molar-refractivity contribution is 6.06. The van der Waals surface area contributed by atoms with Gasteiger partial charge in [0.2, 0.25) is 11.8 Å². The number of carbonyl (C=O) groups is 3. The molecule has 1 N–H and O–H groups in total. The molecule has 0 aromatic heterocycles. The van der Waals surface area contributed by atoms with Crippen LogP contribution in [0.1, 0.15) is 39.9 Å². The maximum Gasteiger partial charge on any atom is 0.255 e. The van der Waals surface area contributed by atoms with Crippen LogP contribution in [-0.2, 0) is 16.1 Å². The molecule has 1 aromatic carbocycles. The van der Waals surface area contributed by atoms with Gasteiger partial charge in [0.05, 0.1) is 0 Å². The molecule has 5 heteroatoms. The molecule has 0 aliphatic carbocycles. The molecular formula is C15H16N2O3. The van der Waals surface area contributed by atoms with Gasteiger partial charge in [-0.15, -0.1) is 0 Å². The Kier molecular flexibility index (Phi) is 2.85. The van der Waals surface area contributed by atoms with E-state index in [4.69, 9.17) is 0 Å². The first-order valence-corrected chi connectivity index (χ1v) is 6.73. The molecule has 1 aromatic rings. The summed E-state index contributed by atoms with van der Waals surface area (Å²) in [5.74, 6) is -0.726. The van der Waals surface area contributed by atoms with E-state index in [1.54, 1.807) is 4.90 Å². The molecular weight excluding hydrogens is 256 g/mol. The predicted octanol–water partition coefficient (Wildman–Crippen LogP) is 1.06. The number of piperidine rings is 1. The van der Waals surface area contributed by atoms with E-state index in [9.17, 15) is 14.4 Å². The van der Waals surface area contributed by atoms with Crippen LogP contribution < -0.4 is 5.32 Å². The molecule has 1 atom stereocenters. The lowest BCUT2D eigenvalue weighted by molar-refractivity contribution is -0.136. The molecule has 3 amide bonds. The van der Waals surface area contributed by atoms with Crippen LogP contribution in [0.2, 0.25) is 0 Å². The highest BCUT2D eigenvalue weighted by atomic mass is 16.2. The number of hydrogen-bond donors (Lipinski definition) is 1. The van der Waals surface area contributed by atoms with Gasteiger partial charge in [-0.1, -0.05) is 12.1 Å². The standard InChI is InChI=1S/C15H16N2O3/c1-8-3-4-9(2)13-10(8)7-17(15(13)20)11-5-6-12(18)16-14(11)19/h3-4,11H,5-7H2,1-2H3,(H,16,18,19)/t11-/m1/s1. The molecule has 1 fully saturated rings. The Labute approximate surface area is 116 Å². The SMILES string of the molecule is Cc1ccc(C)c2c1CN([C@@H]1CCC(=O)NC1=O)C2=O. The van der Waals surface area contributed by atoms with Crippen molar-refractivity contribution in [2.75, 3.05) is 0 Å². The Hall–Kier alpha value is -2.17. The zero-order chi connectivity index (χ0) is 14.4. The van der Waals surface area contributed by atoms with Gasteiger partial charge in [0.15, 0.2) is 0 Å². The lowest BCUT2D eigenvalue weighted by atomic mass is 10.00. The number of nitrogens with zero attached hydrogens (tertiary/aromatic N) is 1. The average molecular weight is 272 g/mol. The Balaban J connectivity index is 1.94. The van der Waals surface area contributed by atoms with Crippen molar-refractivity contribution in [3.63, 3.8) is 0 Å². The lowest BCUT2D eigenvalue weighted by Gasteiger charge is -2.29. The highest BCUT2D eigenvalue weighted by Gasteiger charge is 2.40. The maximum atomic E-state index is 12.6. The van der Waals surface area contributed by atoms with Gasteiger partial charge in [-0.2, -0.15) is 0 Å². The smallest absolute Gasteiger partial charge is 0.255 e. The summed E-state index contributed by atoms with van der Waals surface area (Å²) in [6.07, 6.45) is 0.691. The summed E-state index contributed by atoms with van der Waals surface area (Å²) >= 11 is 0. The number of benzene rings is 1. The van der Waals surface area contributed by atoms with Crippen molar-refractivity contribution in [1.82, 2.24) is 10.2 Å². The van der Waals surface area contributed by atoms with E-state index in [0.717, 1.165) is 22.3 Å². The monoisotopic (exact) mass is 272 g/mol. The third-order valence-electron chi connectivity index (χ3n) is 4.14. The second-order valence-corrected chi connectivity index (χ2v) is 5.45. The van der Waals surface area contributed by atoms with E-state index < -0.39 is 6.04 Å². The van der Waals surface area contributed by atoms with Crippen molar-refractivity contribution in [2.24, 2.45) is 0 Å². The third kappa shape index (κ3) is 1.81. The van der Waals surface area contributed by atoms with Crippen LogP contribution >= 0.6 is 0 Å². The van der Waals surface area contributed by atoms with Crippen LogP contribution in [0.15, 0.2) is 12.1 Å². The summed E-state index contributed by atoms with van der Waals surface area (Å²) < 4.78 is 0. The van der Waals surface area contributed by atoms with Crippen molar-refractivity contribution >= 4 is 17.7 Å². The highest BCUT2D eigenvalue weighted by Crippen LogP contribution is 2.31. The number of fused-ring (bicyclic) bond motifs is 1. The van der Waals surface area contributed by atoms with Gasteiger partial charge in [-0.25, -0.2) is 0 Å². The van der Waals surface area contributed by atoms with Crippen LogP contribution in [-0.4, -0.2) is 28.7 Å². The molecule has 5 nitrogen and oxygen atoms in total. The van der Waals surface area contributed by atoms with Crippen molar-refractivity contribution < 1.29 is 14.4 Å². The summed E-state index contributed by atoms with van der Waals surface area (Å²) in [6.45, 7) is 4.33. The van der Waals surface area contributed by atoms with E-state index in [0.29, 0.717) is 13.0 Å². The van der Waals surface area contributed by atoms with Gasteiger partial charge in [-0.3, -0.25) is 19.7 Å². The molecule has 0 radical (unpaired) electrons. The number of nitrogens with one attached hydrogen (secondary N) is 1. The number of aryl methyl sites for hydroxylation is 2. The second-order valence-electron chi connectivity index (χ2n) is 5.45. The topological polar surface area (TPSA) is 66.5 Å². The molecule has 104 valence electrons. The minimum Gasteiger partial charge on any atom is -0.322 e. The summed E-state index contributed by atoms with van der Waals surface area (Å²) in [5, 5.41) is 2.31. The molecule has 2 aliphatic rings. The minimum absolute atomic E-state index is 0.101. The molecule has 0 spiro atoms. The van der Waals surface area contributed by atoms with E-state index in [1.807, 2.05) is 26.0 Å². The second kappa shape index (κ2) is 4.44. The third-order valence-corrected chi connectivity index (χ3v) is 4.14. The molecule has 20 heavy (non-hydrogen) atoms. The molecule has 2 heterocycles. The number of rotatable bonds is 1. The number of hydrogen-bond acceptors (Lipinski definition) is 3. The summed E-state index contributed by atoms with van der Waals surface area (Å²) in [7, 11) is 0. The number of imide groups is 1. The van der Waals surface area contributed by atoms with Crippen LogP contribution in [0.3, 0.4) is 0 Å². The predicted molar refractivity (Wildman–Crippen MR) is 72.0 cm³/mol. The number of carbonyl (C=O) groups excluding carboxylic acids is 3. The normalized spacial score (nSPS) is 22.0. The molecule has 0 bridgehead atoms. The fraction of sp³-hybridized carbons (Fsp3) is 0.400. The van der Waals surface area contributed by atoms with E-state index in [-0.39, 0.29) is 24.1 Å². The zero-order valence-corrected chi connectivity index (χ0v) is 11.5. The van der Waals surface area contributed by atoms with Gasteiger partial charge in [0.25, 0.3) is 5.91 Å². The minimum atomic E-state index is -0.536. The van der Waals surface area contributed by atoms with Crippen molar-refractivity contribution in [3.8, 4) is 0 Å². The summed E-state index contributed by atoms with van der Waals surface area (Å²) in [5.41, 5.74) is 3.72. The van der Waals surface area contributed by atoms with Crippen molar-refractivity contribution in [3.05, 3.63) is 34.4 Å². The molecule has 3 rings (SSSR count). The fourth-order valence-corrected chi connectivity index (χ4v) is 2.99. The van der Waals surface area contributed by atoms with Gasteiger partial charge < -0.3 is 4.90 Å². The van der Waals surface area contributed by atoms with Crippen molar-refractivity contribution in [2.45, 2.75) is 39.3 Å². The van der Waals surface area contributed by atoms with Crippen LogP contribution in [0, 0.1) is 13.8 Å². The Bertz CT molecular complexity index is 636. The molecule has 0 saturated carbocycles. The summed E-state index contributed by atoms with van der Waals surface area (Å²) in [4.78, 5) is 37.3. The van der Waals surface area contributed by atoms with Gasteiger partial charge in [-0.05, 0) is 37.0 Å². The first-order valence-electron chi connectivity index (χ1n) is 6.73. The molecule has 2 aliphatic heterocycles. The number of amides is 3. The Morgan fingerprint density at radius 1 is 1.15 bits per heavy atom. The lowest BCUT2D eigenvalue weighted by Crippen LogP contribution is -2.52. The zero-order valence-electron chi connectivity index (χ0n) is 11.5. The largest absolute Gasteiger partial charge is 0.322 e. The summed E-state index contributed by atoms with van der Waals surface area (Å²) in [6, 6.07) is 3.39. The van der Waals surface area contributed by atoms with E-state index in [1.165, 1.54) is 0 Å². The first kappa shape index (κ1) is 12.8. The van der Waals surface area contributed by atoms with Crippen LogP contribution in [0.4, 0.5) is 0 Å². The maximum absolute atomic E-state index is 12.6. The molecule has 1 saturated heterocycles. The van der Waals surface area contributed by atoms with Gasteiger partial charge in [0, 0.05) is 18.5 Å². The van der Waals surface area contributed by atoms with Crippen LogP contribution in [0.5, 0.6) is 0 Å². The van der Waals surface area contributed by atoms with Crippen LogP contribution in [0.25, 0.3) is 0 Å².